The number of aliphatic hydroxyl groups is 2. The number of rotatable bonds is 3. The highest BCUT2D eigenvalue weighted by atomic mass is 16.3. The van der Waals surface area contributed by atoms with E-state index in [9.17, 15) is 19.8 Å². The molecule has 2 amide bonds. The van der Waals surface area contributed by atoms with Crippen molar-refractivity contribution >= 4 is 11.8 Å². The number of hydrogen-bond donors (Lipinski definition) is 4. The molecule has 0 spiro atoms. The van der Waals surface area contributed by atoms with Crippen molar-refractivity contribution in [2.75, 3.05) is 0 Å². The molecule has 6 nitrogen and oxygen atoms in total. The monoisotopic (exact) mass is 240 g/mol. The molecule has 2 unspecified atom stereocenters. The molecule has 0 aromatic carbocycles. The maximum Gasteiger partial charge on any atom is 0.254 e. The molecule has 1 aliphatic rings. The summed E-state index contributed by atoms with van der Waals surface area (Å²) in [7, 11) is 0. The van der Waals surface area contributed by atoms with Crippen LogP contribution >= 0.6 is 0 Å². The molecule has 17 heavy (non-hydrogen) atoms. The number of carbonyl (C=O) groups excluding carboxylic acids is 2. The van der Waals surface area contributed by atoms with Crippen LogP contribution in [-0.2, 0) is 9.59 Å². The highest BCUT2D eigenvalue weighted by molar-refractivity contribution is 5.97. The lowest BCUT2D eigenvalue weighted by Gasteiger charge is -2.40. The van der Waals surface area contributed by atoms with Crippen LogP contribution in [0.3, 0.4) is 0 Å². The smallest absolute Gasteiger partial charge is 0.254 e. The lowest BCUT2D eigenvalue weighted by molar-refractivity contribution is -0.145. The van der Waals surface area contributed by atoms with E-state index in [-0.39, 0.29) is 5.57 Å². The second-order valence-electron chi connectivity index (χ2n) is 4.62. The molecule has 6 heteroatoms. The summed E-state index contributed by atoms with van der Waals surface area (Å²) >= 11 is 0. The van der Waals surface area contributed by atoms with E-state index in [1.807, 2.05) is 0 Å². The first kappa shape index (κ1) is 13.4. The van der Waals surface area contributed by atoms with Gasteiger partial charge >= 0.3 is 0 Å². The van der Waals surface area contributed by atoms with Crippen LogP contribution < -0.4 is 11.5 Å². The fourth-order valence-electron chi connectivity index (χ4n) is 2.10. The second-order valence-corrected chi connectivity index (χ2v) is 4.62. The highest BCUT2D eigenvalue weighted by Gasteiger charge is 2.51. The maximum absolute atomic E-state index is 11.3. The quantitative estimate of drug-likeness (QED) is 0.482. The molecule has 94 valence electrons. The van der Waals surface area contributed by atoms with Gasteiger partial charge in [0, 0.05) is 5.57 Å². The van der Waals surface area contributed by atoms with Crippen LogP contribution in [0.25, 0.3) is 0 Å². The van der Waals surface area contributed by atoms with E-state index in [1.165, 1.54) is 26.0 Å². The molecule has 0 heterocycles. The summed E-state index contributed by atoms with van der Waals surface area (Å²) in [5.41, 5.74) is 6.58. The molecule has 0 fully saturated rings. The number of allylic oxidation sites excluding steroid dienone is 2. The zero-order valence-electron chi connectivity index (χ0n) is 9.68. The van der Waals surface area contributed by atoms with Crippen LogP contribution in [0.2, 0.25) is 0 Å². The summed E-state index contributed by atoms with van der Waals surface area (Å²) in [4.78, 5) is 22.6. The topological polar surface area (TPSA) is 127 Å². The van der Waals surface area contributed by atoms with Gasteiger partial charge in [0.2, 0.25) is 5.91 Å². The number of primary amides is 2. The Bertz CT molecular complexity index is 420. The van der Waals surface area contributed by atoms with Crippen molar-refractivity contribution in [1.82, 2.24) is 0 Å². The third kappa shape index (κ3) is 2.22. The molecule has 6 N–H and O–H groups in total. The first-order valence-corrected chi connectivity index (χ1v) is 5.04. The molecule has 0 aliphatic heterocycles. The number of amides is 2. The van der Waals surface area contributed by atoms with Crippen LogP contribution in [-0.4, -0.2) is 33.2 Å². The predicted octanol–water partition coefficient (Wildman–Crippen LogP) is -1.43. The second kappa shape index (κ2) is 3.97. The van der Waals surface area contributed by atoms with Gasteiger partial charge in [0.15, 0.2) is 5.60 Å². The lowest BCUT2D eigenvalue weighted by atomic mass is 9.69. The van der Waals surface area contributed by atoms with Crippen molar-refractivity contribution in [3.8, 4) is 0 Å². The van der Waals surface area contributed by atoms with E-state index in [0.717, 1.165) is 6.08 Å². The molecule has 1 aliphatic carbocycles. The summed E-state index contributed by atoms with van der Waals surface area (Å²) in [6, 6.07) is 0. The fourth-order valence-corrected chi connectivity index (χ4v) is 2.10. The zero-order chi connectivity index (χ0) is 13.4. The molecular weight excluding hydrogens is 224 g/mol. The maximum atomic E-state index is 11.3. The molecule has 1 rings (SSSR count). The van der Waals surface area contributed by atoms with Crippen LogP contribution in [0.1, 0.15) is 13.8 Å². The Hall–Kier alpha value is -1.66. The summed E-state index contributed by atoms with van der Waals surface area (Å²) in [5, 5.41) is 20.2. The third-order valence-electron chi connectivity index (χ3n) is 2.76. The van der Waals surface area contributed by atoms with Crippen LogP contribution in [0.4, 0.5) is 0 Å². The summed E-state index contributed by atoms with van der Waals surface area (Å²) in [6.45, 7) is 2.73. The van der Waals surface area contributed by atoms with Crippen LogP contribution in [0, 0.1) is 5.92 Å². The molecular formula is C11H16N2O4. The minimum atomic E-state index is -2.13. The Kier molecular flexibility index (Phi) is 3.13. The van der Waals surface area contributed by atoms with E-state index in [2.05, 4.69) is 0 Å². The zero-order valence-corrected chi connectivity index (χ0v) is 9.68. The van der Waals surface area contributed by atoms with Crippen molar-refractivity contribution in [1.29, 1.82) is 0 Å². The summed E-state index contributed by atoms with van der Waals surface area (Å²) in [6.07, 6.45) is 3.81. The average molecular weight is 240 g/mol. The SMILES string of the molecule is CC(C)(O)C1C(C(N)=O)=CC=CC1(O)C(N)=O. The van der Waals surface area contributed by atoms with Crippen molar-refractivity contribution < 1.29 is 19.8 Å². The van der Waals surface area contributed by atoms with Gasteiger partial charge in [-0.2, -0.15) is 0 Å². The van der Waals surface area contributed by atoms with Crippen molar-refractivity contribution in [2.45, 2.75) is 25.0 Å². The van der Waals surface area contributed by atoms with Crippen molar-refractivity contribution in [3.05, 3.63) is 23.8 Å². The van der Waals surface area contributed by atoms with Gasteiger partial charge in [-0.25, -0.2) is 0 Å². The highest BCUT2D eigenvalue weighted by Crippen LogP contribution is 2.37. The van der Waals surface area contributed by atoms with E-state index in [1.54, 1.807) is 0 Å². The molecule has 2 atom stereocenters. The number of nitrogens with two attached hydrogens (primary N) is 2. The van der Waals surface area contributed by atoms with Crippen molar-refractivity contribution in [3.63, 3.8) is 0 Å². The lowest BCUT2D eigenvalue weighted by Crippen LogP contribution is -2.58. The van der Waals surface area contributed by atoms with Gasteiger partial charge in [-0.15, -0.1) is 0 Å². The predicted molar refractivity (Wildman–Crippen MR) is 60.3 cm³/mol. The summed E-state index contributed by atoms with van der Waals surface area (Å²) < 4.78 is 0. The molecule has 0 saturated carbocycles. The van der Waals surface area contributed by atoms with Gasteiger partial charge in [0.05, 0.1) is 11.5 Å². The summed E-state index contributed by atoms with van der Waals surface area (Å²) in [5.74, 6) is -3.07. The Labute approximate surface area is 98.6 Å². The van der Waals surface area contributed by atoms with E-state index >= 15 is 0 Å². The van der Waals surface area contributed by atoms with Gasteiger partial charge < -0.3 is 21.7 Å². The molecule has 0 radical (unpaired) electrons. The minimum absolute atomic E-state index is 0.0405. The number of carbonyl (C=O) groups is 2. The number of hydrogen-bond acceptors (Lipinski definition) is 4. The third-order valence-corrected chi connectivity index (χ3v) is 2.76. The Morgan fingerprint density at radius 3 is 2.29 bits per heavy atom. The van der Waals surface area contributed by atoms with Gasteiger partial charge in [-0.05, 0) is 19.9 Å². The Balaban J connectivity index is 3.39. The van der Waals surface area contributed by atoms with Crippen LogP contribution in [0.15, 0.2) is 23.8 Å². The molecule has 0 saturated heterocycles. The fraction of sp³-hybridized carbons (Fsp3) is 0.455. The van der Waals surface area contributed by atoms with Crippen molar-refractivity contribution in [2.24, 2.45) is 17.4 Å². The Morgan fingerprint density at radius 1 is 1.41 bits per heavy atom. The molecule has 0 aromatic rings. The first-order chi connectivity index (χ1) is 7.60. The van der Waals surface area contributed by atoms with Gasteiger partial charge in [-0.3, -0.25) is 9.59 Å². The normalized spacial score (nSPS) is 28.7. The standard InChI is InChI=1S/C11H16N2O4/c1-10(2,16)7-6(8(12)14)4-3-5-11(7,17)9(13)15/h3-5,7,16-17H,1-2H3,(H2,12,14)(H2,13,15). The van der Waals surface area contributed by atoms with Gasteiger partial charge in [-0.1, -0.05) is 12.2 Å². The van der Waals surface area contributed by atoms with E-state index < -0.39 is 28.9 Å². The average Bonchev–Trinajstić information content (AvgIpc) is 2.14. The largest absolute Gasteiger partial charge is 0.390 e. The van der Waals surface area contributed by atoms with E-state index in [0.29, 0.717) is 0 Å². The Morgan fingerprint density at radius 2 is 1.94 bits per heavy atom. The van der Waals surface area contributed by atoms with Crippen LogP contribution in [0.5, 0.6) is 0 Å². The molecule has 0 bridgehead atoms. The van der Waals surface area contributed by atoms with E-state index in [4.69, 9.17) is 11.5 Å². The first-order valence-electron chi connectivity index (χ1n) is 5.04. The van der Waals surface area contributed by atoms with Gasteiger partial charge in [0.1, 0.15) is 0 Å². The molecule has 0 aromatic heterocycles. The minimum Gasteiger partial charge on any atom is -0.390 e. The van der Waals surface area contributed by atoms with Gasteiger partial charge in [0.25, 0.3) is 5.91 Å².